The second kappa shape index (κ2) is 7.36. The minimum absolute atomic E-state index is 0.599. The van der Waals surface area contributed by atoms with Gasteiger partial charge in [0.1, 0.15) is 0 Å². The van der Waals surface area contributed by atoms with Gasteiger partial charge in [-0.15, -0.1) is 0 Å². The predicted molar refractivity (Wildman–Crippen MR) is 68.1 cm³/mol. The van der Waals surface area contributed by atoms with Crippen molar-refractivity contribution in [1.82, 2.24) is 9.88 Å². The monoisotopic (exact) mass is 221 g/mol. The van der Waals surface area contributed by atoms with Crippen LogP contribution in [0.1, 0.15) is 32.3 Å². The van der Waals surface area contributed by atoms with Crippen LogP contribution in [0.3, 0.4) is 0 Å². The maximum absolute atomic E-state index is 5.54. The molecule has 16 heavy (non-hydrogen) atoms. The molecule has 3 nitrogen and oxygen atoms in total. The number of nitrogens with two attached hydrogens (primary N) is 1. The average molecular weight is 221 g/mol. The van der Waals surface area contributed by atoms with Crippen LogP contribution in [0.2, 0.25) is 0 Å². The molecule has 1 heterocycles. The maximum atomic E-state index is 5.54. The van der Waals surface area contributed by atoms with Gasteiger partial charge in [-0.2, -0.15) is 0 Å². The standard InChI is InChI=1S/C13H23N3/c1-3-16(12(2)5-4-8-14)11-13-6-9-15-10-7-13/h6-7,9-10,12H,3-5,8,11,14H2,1-2H3. The van der Waals surface area contributed by atoms with Crippen LogP contribution in [0, 0.1) is 0 Å². The van der Waals surface area contributed by atoms with Gasteiger partial charge in [0.05, 0.1) is 0 Å². The van der Waals surface area contributed by atoms with E-state index in [1.54, 1.807) is 0 Å². The summed E-state index contributed by atoms with van der Waals surface area (Å²) in [6, 6.07) is 4.76. The lowest BCUT2D eigenvalue weighted by Crippen LogP contribution is -2.32. The number of hydrogen-bond acceptors (Lipinski definition) is 3. The van der Waals surface area contributed by atoms with Crippen LogP contribution in [0.15, 0.2) is 24.5 Å². The molecule has 1 aromatic rings. The van der Waals surface area contributed by atoms with Gasteiger partial charge < -0.3 is 5.73 Å². The molecule has 0 bridgehead atoms. The summed E-state index contributed by atoms with van der Waals surface area (Å²) in [6.07, 6.45) is 5.99. The lowest BCUT2D eigenvalue weighted by atomic mass is 10.1. The minimum atomic E-state index is 0.599. The summed E-state index contributed by atoms with van der Waals surface area (Å²) in [6.45, 7) is 7.36. The first-order valence-electron chi connectivity index (χ1n) is 6.11. The highest BCUT2D eigenvalue weighted by Crippen LogP contribution is 2.10. The van der Waals surface area contributed by atoms with Crippen molar-refractivity contribution in [2.45, 2.75) is 39.3 Å². The van der Waals surface area contributed by atoms with Crippen molar-refractivity contribution < 1.29 is 0 Å². The van der Waals surface area contributed by atoms with Gasteiger partial charge >= 0.3 is 0 Å². The molecular weight excluding hydrogens is 198 g/mol. The molecule has 0 aromatic carbocycles. The van der Waals surface area contributed by atoms with Gasteiger partial charge in [0, 0.05) is 25.0 Å². The summed E-state index contributed by atoms with van der Waals surface area (Å²) in [7, 11) is 0. The molecule has 0 saturated carbocycles. The van der Waals surface area contributed by atoms with Crippen molar-refractivity contribution in [2.24, 2.45) is 5.73 Å². The van der Waals surface area contributed by atoms with Crippen LogP contribution in [0.25, 0.3) is 0 Å². The number of pyridine rings is 1. The summed E-state index contributed by atoms with van der Waals surface area (Å²) in [5.41, 5.74) is 6.87. The third-order valence-corrected chi connectivity index (χ3v) is 2.99. The van der Waals surface area contributed by atoms with Gasteiger partial charge in [0.15, 0.2) is 0 Å². The predicted octanol–water partition coefficient (Wildman–Crippen LogP) is 2.03. The summed E-state index contributed by atoms with van der Waals surface area (Å²) >= 11 is 0. The normalized spacial score (nSPS) is 13.0. The SMILES string of the molecule is CCN(Cc1ccncc1)C(C)CCCN. The molecule has 0 amide bonds. The largest absolute Gasteiger partial charge is 0.330 e. The second-order valence-corrected chi connectivity index (χ2v) is 4.20. The molecule has 1 unspecified atom stereocenters. The van der Waals surface area contributed by atoms with Crippen LogP contribution in [-0.2, 0) is 6.54 Å². The Morgan fingerprint density at radius 3 is 2.62 bits per heavy atom. The molecule has 1 aromatic heterocycles. The van der Waals surface area contributed by atoms with Gasteiger partial charge in [-0.25, -0.2) is 0 Å². The van der Waals surface area contributed by atoms with Crippen LogP contribution >= 0.6 is 0 Å². The number of hydrogen-bond donors (Lipinski definition) is 1. The van der Waals surface area contributed by atoms with Crippen molar-refractivity contribution in [3.63, 3.8) is 0 Å². The van der Waals surface area contributed by atoms with E-state index in [2.05, 4.69) is 35.9 Å². The first-order valence-corrected chi connectivity index (χ1v) is 6.11. The Kier molecular flexibility index (Phi) is 6.04. The average Bonchev–Trinajstić information content (AvgIpc) is 2.34. The van der Waals surface area contributed by atoms with Crippen LogP contribution in [-0.4, -0.2) is 29.0 Å². The summed E-state index contributed by atoms with van der Waals surface area (Å²) in [5.74, 6) is 0. The third-order valence-electron chi connectivity index (χ3n) is 2.99. The Morgan fingerprint density at radius 1 is 1.38 bits per heavy atom. The molecule has 0 fully saturated rings. The van der Waals surface area contributed by atoms with E-state index in [0.29, 0.717) is 6.04 Å². The Hall–Kier alpha value is -0.930. The third kappa shape index (κ3) is 4.29. The number of aromatic nitrogens is 1. The number of nitrogens with zero attached hydrogens (tertiary/aromatic N) is 2. The van der Waals surface area contributed by atoms with E-state index in [1.807, 2.05) is 12.4 Å². The zero-order chi connectivity index (χ0) is 11.8. The fraction of sp³-hybridized carbons (Fsp3) is 0.615. The lowest BCUT2D eigenvalue weighted by molar-refractivity contribution is 0.199. The minimum Gasteiger partial charge on any atom is -0.330 e. The van der Waals surface area contributed by atoms with Crippen LogP contribution in [0.4, 0.5) is 0 Å². The molecule has 3 heteroatoms. The molecule has 90 valence electrons. The second-order valence-electron chi connectivity index (χ2n) is 4.20. The highest BCUT2D eigenvalue weighted by atomic mass is 15.1. The molecule has 0 aliphatic carbocycles. The summed E-state index contributed by atoms with van der Waals surface area (Å²) in [4.78, 5) is 6.52. The molecule has 0 saturated heterocycles. The van der Waals surface area contributed by atoms with E-state index in [1.165, 1.54) is 12.0 Å². The van der Waals surface area contributed by atoms with Crippen molar-refractivity contribution in [3.8, 4) is 0 Å². The maximum Gasteiger partial charge on any atom is 0.0271 e. The highest BCUT2D eigenvalue weighted by Gasteiger charge is 2.11. The van der Waals surface area contributed by atoms with E-state index < -0.39 is 0 Å². The van der Waals surface area contributed by atoms with E-state index in [0.717, 1.165) is 26.1 Å². The molecule has 0 spiro atoms. The van der Waals surface area contributed by atoms with E-state index in [4.69, 9.17) is 5.73 Å². The molecule has 0 aliphatic rings. The quantitative estimate of drug-likeness (QED) is 0.766. The Balaban J connectivity index is 2.48. The van der Waals surface area contributed by atoms with Gasteiger partial charge in [-0.1, -0.05) is 6.92 Å². The summed E-state index contributed by atoms with van der Waals surface area (Å²) < 4.78 is 0. The molecular formula is C13H23N3. The molecule has 1 atom stereocenters. The van der Waals surface area contributed by atoms with Gasteiger partial charge in [0.2, 0.25) is 0 Å². The van der Waals surface area contributed by atoms with E-state index >= 15 is 0 Å². The van der Waals surface area contributed by atoms with Crippen LogP contribution < -0.4 is 5.73 Å². The van der Waals surface area contributed by atoms with Gasteiger partial charge in [0.25, 0.3) is 0 Å². The van der Waals surface area contributed by atoms with Crippen molar-refractivity contribution >= 4 is 0 Å². The molecule has 2 N–H and O–H groups in total. The molecule has 1 rings (SSSR count). The molecule has 0 radical (unpaired) electrons. The van der Waals surface area contributed by atoms with E-state index in [9.17, 15) is 0 Å². The van der Waals surface area contributed by atoms with Gasteiger partial charge in [-0.3, -0.25) is 9.88 Å². The fourth-order valence-corrected chi connectivity index (χ4v) is 1.90. The number of rotatable bonds is 7. The zero-order valence-corrected chi connectivity index (χ0v) is 10.4. The van der Waals surface area contributed by atoms with E-state index in [-0.39, 0.29) is 0 Å². The zero-order valence-electron chi connectivity index (χ0n) is 10.4. The fourth-order valence-electron chi connectivity index (χ4n) is 1.90. The van der Waals surface area contributed by atoms with Crippen LogP contribution in [0.5, 0.6) is 0 Å². The van der Waals surface area contributed by atoms with Crippen molar-refractivity contribution in [2.75, 3.05) is 13.1 Å². The molecule has 0 aliphatic heterocycles. The topological polar surface area (TPSA) is 42.2 Å². The van der Waals surface area contributed by atoms with Crippen molar-refractivity contribution in [1.29, 1.82) is 0 Å². The first kappa shape index (κ1) is 13.1. The smallest absolute Gasteiger partial charge is 0.0271 e. The lowest BCUT2D eigenvalue weighted by Gasteiger charge is -2.27. The Labute approximate surface area is 98.7 Å². The first-order chi connectivity index (χ1) is 7.77. The Morgan fingerprint density at radius 2 is 2.06 bits per heavy atom. The Bertz CT molecular complexity index is 274. The van der Waals surface area contributed by atoms with Crippen molar-refractivity contribution in [3.05, 3.63) is 30.1 Å². The summed E-state index contributed by atoms with van der Waals surface area (Å²) in [5, 5.41) is 0. The van der Waals surface area contributed by atoms with Gasteiger partial charge in [-0.05, 0) is 50.6 Å². The highest BCUT2D eigenvalue weighted by molar-refractivity contribution is 5.09.